The summed E-state index contributed by atoms with van der Waals surface area (Å²) < 4.78 is 19.8. The van der Waals surface area contributed by atoms with Crippen LogP contribution in [0.2, 0.25) is 0 Å². The van der Waals surface area contributed by atoms with Crippen molar-refractivity contribution in [3.63, 3.8) is 0 Å². The number of hydrogen-bond donors (Lipinski definition) is 0. The van der Waals surface area contributed by atoms with Crippen LogP contribution in [0.1, 0.15) is 22.3 Å². The van der Waals surface area contributed by atoms with Crippen LogP contribution in [0, 0.1) is 11.8 Å². The highest BCUT2D eigenvalue weighted by Gasteiger charge is 2.42. The van der Waals surface area contributed by atoms with E-state index in [1.807, 2.05) is 36.4 Å². The number of esters is 2. The van der Waals surface area contributed by atoms with E-state index in [1.165, 1.54) is 0 Å². The molecule has 0 spiro atoms. The molecule has 8 heteroatoms. The van der Waals surface area contributed by atoms with E-state index in [4.69, 9.17) is 18.9 Å². The fraction of sp³-hybridized carbons (Fsp3) is 0.214. The van der Waals surface area contributed by atoms with Gasteiger partial charge in [-0.25, -0.2) is 9.59 Å². The second kappa shape index (κ2) is 11.8. The van der Waals surface area contributed by atoms with E-state index < -0.39 is 36.1 Å². The number of fused-ring (bicyclic) bond motifs is 1. The normalized spacial score (nSPS) is 16.2. The highest BCUT2D eigenvalue weighted by molar-refractivity contribution is 5.91. The predicted molar refractivity (Wildman–Crippen MR) is 126 cm³/mol. The first-order chi connectivity index (χ1) is 17.5. The molecule has 0 saturated carbocycles. The first kappa shape index (κ1) is 24.7. The number of carbonyl (C=O) groups excluding carboxylic acids is 4. The van der Waals surface area contributed by atoms with Crippen molar-refractivity contribution in [2.24, 2.45) is 11.8 Å². The van der Waals surface area contributed by atoms with E-state index >= 15 is 0 Å². The molecule has 0 fully saturated rings. The predicted octanol–water partition coefficient (Wildman–Crippen LogP) is 4.78. The number of rotatable bonds is 6. The molecule has 4 rings (SSSR count). The first-order valence-electron chi connectivity index (χ1n) is 11.4. The minimum absolute atomic E-state index is 0.0703. The topological polar surface area (TPSA) is 105 Å². The van der Waals surface area contributed by atoms with Crippen LogP contribution in [0.4, 0.5) is 9.59 Å². The second-order valence-corrected chi connectivity index (χ2v) is 8.28. The molecular formula is C28H24O8. The van der Waals surface area contributed by atoms with Crippen molar-refractivity contribution in [2.45, 2.75) is 26.1 Å². The molecule has 0 saturated heterocycles. The van der Waals surface area contributed by atoms with E-state index in [0.717, 1.165) is 22.3 Å². The van der Waals surface area contributed by atoms with Gasteiger partial charge in [-0.3, -0.25) is 9.59 Å². The lowest BCUT2D eigenvalue weighted by Gasteiger charge is -2.29. The quantitative estimate of drug-likeness (QED) is 0.361. The van der Waals surface area contributed by atoms with E-state index in [1.54, 1.807) is 48.5 Å². The van der Waals surface area contributed by atoms with Crippen LogP contribution < -0.4 is 0 Å². The maximum atomic E-state index is 12.9. The van der Waals surface area contributed by atoms with Crippen molar-refractivity contribution in [1.29, 1.82) is 0 Å². The molecular weight excluding hydrogens is 464 g/mol. The minimum Gasteiger partial charge on any atom is -0.429 e. The summed E-state index contributed by atoms with van der Waals surface area (Å²) in [7, 11) is 0. The first-order valence-corrected chi connectivity index (χ1v) is 11.4. The lowest BCUT2D eigenvalue weighted by atomic mass is 9.76. The van der Waals surface area contributed by atoms with E-state index in [-0.39, 0.29) is 26.1 Å². The third-order valence-electron chi connectivity index (χ3n) is 5.86. The van der Waals surface area contributed by atoms with Crippen molar-refractivity contribution in [1.82, 2.24) is 0 Å². The Morgan fingerprint density at radius 1 is 0.556 bits per heavy atom. The second-order valence-electron chi connectivity index (χ2n) is 8.28. The molecule has 2 unspecified atom stereocenters. The fourth-order valence-corrected chi connectivity index (χ4v) is 4.02. The Labute approximate surface area is 207 Å². The van der Waals surface area contributed by atoms with Crippen LogP contribution >= 0.6 is 0 Å². The number of carbonyl (C=O) groups is 4. The smallest absolute Gasteiger partial charge is 0.429 e. The summed E-state index contributed by atoms with van der Waals surface area (Å²) in [6.45, 7) is -0.141. The maximum absolute atomic E-state index is 12.9. The van der Waals surface area contributed by atoms with Gasteiger partial charge in [0.2, 0.25) is 0 Å². The fourth-order valence-electron chi connectivity index (χ4n) is 4.02. The molecule has 0 N–H and O–H groups in total. The molecule has 36 heavy (non-hydrogen) atoms. The third kappa shape index (κ3) is 6.56. The molecule has 0 aliphatic heterocycles. The Hall–Kier alpha value is -4.46. The van der Waals surface area contributed by atoms with Gasteiger partial charge >= 0.3 is 24.2 Å². The van der Waals surface area contributed by atoms with Gasteiger partial charge in [0.25, 0.3) is 0 Å². The van der Waals surface area contributed by atoms with Gasteiger partial charge in [0.15, 0.2) is 0 Å². The molecule has 0 bridgehead atoms. The van der Waals surface area contributed by atoms with Gasteiger partial charge in [0, 0.05) is 0 Å². The molecule has 0 radical (unpaired) electrons. The standard InChI is InChI=1S/C28H24O8/c29-25(35-27(31)33-17-19-9-3-1-4-10-19)23-15-21-13-7-8-14-22(21)16-24(23)26(30)36-28(32)34-18-20-11-5-2-6-12-20/h1-14,23-24H,15-18H2. The largest absolute Gasteiger partial charge is 0.516 e. The Morgan fingerprint density at radius 2 is 0.917 bits per heavy atom. The summed E-state index contributed by atoms with van der Waals surface area (Å²) in [5.41, 5.74) is 3.13. The molecule has 1 aliphatic rings. The average molecular weight is 488 g/mol. The van der Waals surface area contributed by atoms with Crippen molar-refractivity contribution in [2.75, 3.05) is 0 Å². The molecule has 0 amide bonds. The molecule has 1 aliphatic carbocycles. The van der Waals surface area contributed by atoms with E-state index in [9.17, 15) is 19.2 Å². The third-order valence-corrected chi connectivity index (χ3v) is 5.86. The Kier molecular flexibility index (Phi) is 8.08. The summed E-state index contributed by atoms with van der Waals surface area (Å²) in [6, 6.07) is 25.1. The Balaban J connectivity index is 1.39. The lowest BCUT2D eigenvalue weighted by Crippen LogP contribution is -2.40. The number of benzene rings is 3. The molecule has 3 aromatic carbocycles. The summed E-state index contributed by atoms with van der Waals surface area (Å²) in [4.78, 5) is 50.1. The van der Waals surface area contributed by atoms with Crippen LogP contribution in [-0.4, -0.2) is 24.2 Å². The molecule has 0 aromatic heterocycles. The van der Waals surface area contributed by atoms with Crippen molar-refractivity contribution in [3.05, 3.63) is 107 Å². The van der Waals surface area contributed by atoms with Gasteiger partial charge in [-0.05, 0) is 35.1 Å². The molecule has 184 valence electrons. The maximum Gasteiger partial charge on any atom is 0.516 e. The van der Waals surface area contributed by atoms with Gasteiger partial charge < -0.3 is 18.9 Å². The van der Waals surface area contributed by atoms with Gasteiger partial charge in [-0.2, -0.15) is 0 Å². The summed E-state index contributed by atoms with van der Waals surface area (Å²) in [6.07, 6.45) is -2.06. The van der Waals surface area contributed by atoms with Crippen LogP contribution in [0.5, 0.6) is 0 Å². The summed E-state index contributed by atoms with van der Waals surface area (Å²) in [5, 5.41) is 0. The van der Waals surface area contributed by atoms with Gasteiger partial charge in [-0.1, -0.05) is 84.9 Å². The average Bonchev–Trinajstić information content (AvgIpc) is 2.91. The van der Waals surface area contributed by atoms with Crippen LogP contribution in [0.3, 0.4) is 0 Å². The summed E-state index contributed by atoms with van der Waals surface area (Å²) in [5.74, 6) is -3.94. The zero-order valence-corrected chi connectivity index (χ0v) is 19.3. The highest BCUT2D eigenvalue weighted by Crippen LogP contribution is 2.32. The van der Waals surface area contributed by atoms with Crippen molar-refractivity contribution in [3.8, 4) is 0 Å². The zero-order chi connectivity index (χ0) is 25.3. The SMILES string of the molecule is O=C(OCc1ccccc1)OC(=O)C1Cc2ccccc2CC1C(=O)OC(=O)OCc1ccccc1. The van der Waals surface area contributed by atoms with E-state index in [2.05, 4.69) is 0 Å². The van der Waals surface area contributed by atoms with Gasteiger partial charge in [0.05, 0.1) is 11.8 Å². The molecule has 0 heterocycles. The van der Waals surface area contributed by atoms with E-state index in [0.29, 0.717) is 0 Å². The van der Waals surface area contributed by atoms with Crippen molar-refractivity contribution < 1.29 is 38.1 Å². The molecule has 3 aromatic rings. The van der Waals surface area contributed by atoms with Gasteiger partial charge in [-0.15, -0.1) is 0 Å². The lowest BCUT2D eigenvalue weighted by molar-refractivity contribution is -0.157. The Bertz CT molecular complexity index is 1130. The molecule has 8 nitrogen and oxygen atoms in total. The minimum atomic E-state index is -1.17. The zero-order valence-electron chi connectivity index (χ0n) is 19.3. The van der Waals surface area contributed by atoms with Crippen LogP contribution in [0.25, 0.3) is 0 Å². The number of hydrogen-bond acceptors (Lipinski definition) is 8. The van der Waals surface area contributed by atoms with Crippen molar-refractivity contribution >= 4 is 24.2 Å². The highest BCUT2D eigenvalue weighted by atomic mass is 16.7. The van der Waals surface area contributed by atoms with Crippen LogP contribution in [0.15, 0.2) is 84.9 Å². The van der Waals surface area contributed by atoms with Crippen LogP contribution in [-0.2, 0) is 54.6 Å². The Morgan fingerprint density at radius 3 is 1.31 bits per heavy atom. The van der Waals surface area contributed by atoms with Gasteiger partial charge in [0.1, 0.15) is 13.2 Å². The monoisotopic (exact) mass is 488 g/mol. The number of ether oxygens (including phenoxy) is 4. The molecule has 2 atom stereocenters. The summed E-state index contributed by atoms with van der Waals surface area (Å²) >= 11 is 0.